The second-order valence-corrected chi connectivity index (χ2v) is 5.83. The van der Waals surface area contributed by atoms with Crippen LogP contribution >= 0.6 is 12.4 Å². The van der Waals surface area contributed by atoms with Gasteiger partial charge < -0.3 is 19.7 Å². The Kier molecular flexibility index (Phi) is 7.80. The molecule has 2 saturated heterocycles. The van der Waals surface area contributed by atoms with Crippen LogP contribution in [0.25, 0.3) is 0 Å². The zero-order chi connectivity index (χ0) is 13.7. The van der Waals surface area contributed by atoms with Crippen LogP contribution in [-0.2, 0) is 14.3 Å². The molecular formula is C14H27ClN2O3. The van der Waals surface area contributed by atoms with E-state index in [4.69, 9.17) is 9.47 Å². The van der Waals surface area contributed by atoms with E-state index in [-0.39, 0.29) is 24.4 Å². The van der Waals surface area contributed by atoms with Crippen LogP contribution in [-0.4, -0.2) is 62.4 Å². The second kappa shape index (κ2) is 8.82. The van der Waals surface area contributed by atoms with Gasteiger partial charge in [0.1, 0.15) is 6.04 Å². The smallest absolute Gasteiger partial charge is 0.242 e. The largest absolute Gasteiger partial charge is 0.378 e. The number of hydrogen-bond acceptors (Lipinski definition) is 4. The van der Waals surface area contributed by atoms with Gasteiger partial charge in [-0.15, -0.1) is 12.4 Å². The Hall–Kier alpha value is -0.360. The summed E-state index contributed by atoms with van der Waals surface area (Å²) in [6, 6.07) is -0.151. The summed E-state index contributed by atoms with van der Waals surface area (Å²) in [5, 5.41) is 3.22. The summed E-state index contributed by atoms with van der Waals surface area (Å²) in [5.74, 6) is 0.755. The monoisotopic (exact) mass is 306 g/mol. The summed E-state index contributed by atoms with van der Waals surface area (Å²) in [5.41, 5.74) is 0. The molecule has 6 heteroatoms. The average molecular weight is 307 g/mol. The number of nitrogens with zero attached hydrogens (tertiary/aromatic N) is 1. The van der Waals surface area contributed by atoms with Gasteiger partial charge in [-0.3, -0.25) is 4.79 Å². The highest BCUT2D eigenvalue weighted by atomic mass is 35.5. The molecule has 5 nitrogen and oxygen atoms in total. The van der Waals surface area contributed by atoms with Crippen LogP contribution in [0, 0.1) is 5.92 Å². The number of ether oxygens (including phenoxy) is 2. The molecule has 1 unspecified atom stereocenters. The van der Waals surface area contributed by atoms with E-state index < -0.39 is 0 Å². The fourth-order valence-corrected chi connectivity index (χ4v) is 2.52. The van der Waals surface area contributed by atoms with Crippen LogP contribution in [0.15, 0.2) is 0 Å². The van der Waals surface area contributed by atoms with Crippen molar-refractivity contribution in [3.63, 3.8) is 0 Å². The van der Waals surface area contributed by atoms with Crippen molar-refractivity contribution < 1.29 is 14.3 Å². The zero-order valence-corrected chi connectivity index (χ0v) is 13.3. The van der Waals surface area contributed by atoms with Crippen molar-refractivity contribution in [1.29, 1.82) is 0 Å². The molecule has 0 saturated carbocycles. The van der Waals surface area contributed by atoms with Crippen molar-refractivity contribution in [2.24, 2.45) is 5.92 Å². The van der Waals surface area contributed by atoms with Gasteiger partial charge in [0.25, 0.3) is 0 Å². The summed E-state index contributed by atoms with van der Waals surface area (Å²) >= 11 is 0. The maximum atomic E-state index is 12.3. The fraction of sp³-hybridized carbons (Fsp3) is 0.929. The molecule has 2 aliphatic rings. The van der Waals surface area contributed by atoms with E-state index in [1.807, 2.05) is 4.90 Å². The lowest BCUT2D eigenvalue weighted by Gasteiger charge is -2.35. The molecule has 0 aromatic heterocycles. The molecule has 20 heavy (non-hydrogen) atoms. The van der Waals surface area contributed by atoms with Gasteiger partial charge in [-0.1, -0.05) is 13.8 Å². The van der Waals surface area contributed by atoms with Crippen molar-refractivity contribution in [3.8, 4) is 0 Å². The van der Waals surface area contributed by atoms with Gasteiger partial charge in [0, 0.05) is 26.2 Å². The van der Waals surface area contributed by atoms with Crippen molar-refractivity contribution in [1.82, 2.24) is 10.2 Å². The summed E-state index contributed by atoms with van der Waals surface area (Å²) in [7, 11) is 0. The molecule has 2 rings (SSSR count). The quantitative estimate of drug-likeness (QED) is 0.844. The maximum absolute atomic E-state index is 12.3. The third-order valence-corrected chi connectivity index (χ3v) is 3.64. The second-order valence-electron chi connectivity index (χ2n) is 5.83. The SMILES string of the molecule is CC(C)COC1CCN(C(=O)C2COCCN2)CC1.Cl. The molecule has 1 amide bonds. The minimum atomic E-state index is -0.151. The highest BCUT2D eigenvalue weighted by molar-refractivity contribution is 5.85. The standard InChI is InChI=1S/C14H26N2O3.ClH/c1-11(2)9-19-12-3-6-16(7-4-12)14(17)13-10-18-8-5-15-13;/h11-13,15H,3-10H2,1-2H3;1H. The minimum Gasteiger partial charge on any atom is -0.378 e. The number of morpholine rings is 1. The molecule has 0 bridgehead atoms. The molecule has 1 atom stereocenters. The average Bonchev–Trinajstić information content (AvgIpc) is 2.46. The van der Waals surface area contributed by atoms with E-state index in [1.165, 1.54) is 0 Å². The minimum absolute atomic E-state index is 0. The van der Waals surface area contributed by atoms with E-state index in [9.17, 15) is 4.79 Å². The van der Waals surface area contributed by atoms with Crippen LogP contribution in [0.5, 0.6) is 0 Å². The van der Waals surface area contributed by atoms with Crippen molar-refractivity contribution in [3.05, 3.63) is 0 Å². The number of nitrogens with one attached hydrogen (secondary N) is 1. The first-order valence-corrected chi connectivity index (χ1v) is 7.38. The van der Waals surface area contributed by atoms with E-state index >= 15 is 0 Å². The predicted molar refractivity (Wildman–Crippen MR) is 80.2 cm³/mol. The van der Waals surface area contributed by atoms with Crippen LogP contribution in [0.3, 0.4) is 0 Å². The molecule has 0 radical (unpaired) electrons. The summed E-state index contributed by atoms with van der Waals surface area (Å²) < 4.78 is 11.2. The lowest BCUT2D eigenvalue weighted by atomic mass is 10.1. The molecule has 2 heterocycles. The van der Waals surface area contributed by atoms with Gasteiger partial charge in [-0.2, -0.15) is 0 Å². The van der Waals surface area contributed by atoms with Crippen molar-refractivity contribution in [2.45, 2.75) is 38.8 Å². The molecule has 2 aliphatic heterocycles. The lowest BCUT2D eigenvalue weighted by molar-refractivity contribution is -0.139. The number of carbonyl (C=O) groups excluding carboxylic acids is 1. The Bertz CT molecular complexity index is 288. The number of amides is 1. The van der Waals surface area contributed by atoms with E-state index in [1.54, 1.807) is 0 Å². The Morgan fingerprint density at radius 1 is 1.40 bits per heavy atom. The maximum Gasteiger partial charge on any atom is 0.242 e. The number of likely N-dealkylation sites (tertiary alicyclic amines) is 1. The highest BCUT2D eigenvalue weighted by Crippen LogP contribution is 2.16. The lowest BCUT2D eigenvalue weighted by Crippen LogP contribution is -2.54. The normalized spacial score (nSPS) is 24.6. The predicted octanol–water partition coefficient (Wildman–Crippen LogP) is 1.06. The van der Waals surface area contributed by atoms with Gasteiger partial charge in [0.2, 0.25) is 5.91 Å². The first-order valence-electron chi connectivity index (χ1n) is 7.38. The van der Waals surface area contributed by atoms with Gasteiger partial charge >= 0.3 is 0 Å². The number of carbonyl (C=O) groups is 1. The Morgan fingerprint density at radius 2 is 2.10 bits per heavy atom. The van der Waals surface area contributed by atoms with Crippen LogP contribution in [0.1, 0.15) is 26.7 Å². The first-order chi connectivity index (χ1) is 9.16. The molecular weight excluding hydrogens is 280 g/mol. The van der Waals surface area contributed by atoms with Gasteiger partial charge in [0.15, 0.2) is 0 Å². The van der Waals surface area contributed by atoms with Crippen molar-refractivity contribution in [2.75, 3.05) is 39.5 Å². The molecule has 1 N–H and O–H groups in total. The summed E-state index contributed by atoms with van der Waals surface area (Å²) in [4.78, 5) is 14.2. The van der Waals surface area contributed by atoms with E-state index in [0.29, 0.717) is 25.2 Å². The van der Waals surface area contributed by atoms with Gasteiger partial charge in [-0.05, 0) is 18.8 Å². The number of piperidine rings is 1. The fourth-order valence-electron chi connectivity index (χ4n) is 2.52. The molecule has 0 spiro atoms. The van der Waals surface area contributed by atoms with Gasteiger partial charge in [0.05, 0.1) is 19.3 Å². The van der Waals surface area contributed by atoms with Crippen LogP contribution in [0.4, 0.5) is 0 Å². The molecule has 118 valence electrons. The van der Waals surface area contributed by atoms with E-state index in [2.05, 4.69) is 19.2 Å². The molecule has 2 fully saturated rings. The number of halogens is 1. The highest BCUT2D eigenvalue weighted by Gasteiger charge is 2.29. The number of hydrogen-bond donors (Lipinski definition) is 1. The number of rotatable bonds is 4. The molecule has 0 aliphatic carbocycles. The van der Waals surface area contributed by atoms with Gasteiger partial charge in [-0.25, -0.2) is 0 Å². The summed E-state index contributed by atoms with van der Waals surface area (Å²) in [6.45, 7) is 8.72. The zero-order valence-electron chi connectivity index (χ0n) is 12.5. The molecule has 0 aromatic carbocycles. The third kappa shape index (κ3) is 5.20. The molecule has 0 aromatic rings. The summed E-state index contributed by atoms with van der Waals surface area (Å²) in [6.07, 6.45) is 2.22. The first kappa shape index (κ1) is 17.7. The van der Waals surface area contributed by atoms with Crippen LogP contribution < -0.4 is 5.32 Å². The Labute approximate surface area is 127 Å². The topological polar surface area (TPSA) is 50.8 Å². The van der Waals surface area contributed by atoms with Crippen molar-refractivity contribution >= 4 is 18.3 Å². The van der Waals surface area contributed by atoms with E-state index in [0.717, 1.165) is 39.1 Å². The Balaban J connectivity index is 0.00000200. The Morgan fingerprint density at radius 3 is 2.65 bits per heavy atom. The van der Waals surface area contributed by atoms with Crippen LogP contribution in [0.2, 0.25) is 0 Å². The third-order valence-electron chi connectivity index (χ3n) is 3.64.